The molecular formula is C33H42N2O6. The Labute approximate surface area is 242 Å². The van der Waals surface area contributed by atoms with E-state index in [0.717, 1.165) is 36.9 Å². The summed E-state index contributed by atoms with van der Waals surface area (Å²) in [5.41, 5.74) is 4.13. The van der Waals surface area contributed by atoms with Crippen molar-refractivity contribution in [1.29, 1.82) is 0 Å². The summed E-state index contributed by atoms with van der Waals surface area (Å²) in [5, 5.41) is 2.74. The first-order chi connectivity index (χ1) is 19.5. The topological polar surface area (TPSA) is 102 Å². The summed E-state index contributed by atoms with van der Waals surface area (Å²) in [7, 11) is 5.67. The number of Topliss-reactive ketones (excluding diaryl/α,β-unsaturated/α-hetero) is 1. The van der Waals surface area contributed by atoms with Crippen LogP contribution in [0.4, 0.5) is 5.69 Å². The molecule has 8 heteroatoms. The normalized spacial score (nSPS) is 30.5. The highest BCUT2D eigenvalue weighted by Gasteiger charge is 2.68. The molecule has 4 aliphatic rings. The van der Waals surface area contributed by atoms with Crippen molar-refractivity contribution in [3.63, 3.8) is 0 Å². The van der Waals surface area contributed by atoms with E-state index in [1.54, 1.807) is 7.05 Å². The van der Waals surface area contributed by atoms with Gasteiger partial charge in [-0.2, -0.15) is 0 Å². The first-order valence-corrected chi connectivity index (χ1v) is 14.8. The van der Waals surface area contributed by atoms with Gasteiger partial charge in [-0.05, 0) is 92.3 Å². The Morgan fingerprint density at radius 1 is 1.07 bits per heavy atom. The van der Waals surface area contributed by atoms with Crippen molar-refractivity contribution >= 4 is 29.2 Å². The molecule has 0 spiro atoms. The summed E-state index contributed by atoms with van der Waals surface area (Å²) in [4.78, 5) is 53.1. The smallest absolute Gasteiger partial charge is 0.320 e. The lowest BCUT2D eigenvalue weighted by atomic mass is 9.50. The van der Waals surface area contributed by atoms with Crippen LogP contribution in [-0.4, -0.2) is 63.4 Å². The van der Waals surface area contributed by atoms with Crippen LogP contribution in [0.5, 0.6) is 0 Å². The van der Waals surface area contributed by atoms with Crippen molar-refractivity contribution in [2.75, 3.05) is 39.2 Å². The van der Waals surface area contributed by atoms with Crippen LogP contribution in [0.2, 0.25) is 0 Å². The highest BCUT2D eigenvalue weighted by Crippen LogP contribution is 2.67. The fourth-order valence-electron chi connectivity index (χ4n) is 8.34. The van der Waals surface area contributed by atoms with Crippen molar-refractivity contribution < 1.29 is 28.7 Å². The number of likely N-dealkylation sites (N-methyl/N-ethyl adjacent to an activating group) is 1. The molecule has 4 aliphatic carbocycles. The van der Waals surface area contributed by atoms with Crippen molar-refractivity contribution in [3.8, 4) is 0 Å². The third kappa shape index (κ3) is 5.05. The Morgan fingerprint density at radius 3 is 2.46 bits per heavy atom. The minimum atomic E-state index is -1.37. The van der Waals surface area contributed by atoms with Gasteiger partial charge < -0.3 is 19.7 Å². The van der Waals surface area contributed by atoms with Crippen LogP contribution in [0.25, 0.3) is 0 Å². The van der Waals surface area contributed by atoms with Crippen LogP contribution in [0.15, 0.2) is 47.1 Å². The zero-order valence-electron chi connectivity index (χ0n) is 24.9. The van der Waals surface area contributed by atoms with Gasteiger partial charge in [0, 0.05) is 44.5 Å². The van der Waals surface area contributed by atoms with Crippen molar-refractivity contribution in [3.05, 3.63) is 52.6 Å². The quantitative estimate of drug-likeness (QED) is 0.469. The average Bonchev–Trinajstić information content (AvgIpc) is 3.23. The zero-order valence-corrected chi connectivity index (χ0v) is 24.9. The van der Waals surface area contributed by atoms with E-state index in [2.05, 4.69) is 41.4 Å². The molecule has 5 rings (SSSR count). The lowest BCUT2D eigenvalue weighted by Crippen LogP contribution is -2.58. The first-order valence-electron chi connectivity index (χ1n) is 14.8. The summed E-state index contributed by atoms with van der Waals surface area (Å²) in [5.74, 6) is -0.827. The molecule has 5 atom stereocenters. The van der Waals surface area contributed by atoms with Crippen molar-refractivity contribution in [2.24, 2.45) is 17.3 Å². The number of fused-ring (bicyclic) bond motifs is 4. The van der Waals surface area contributed by atoms with Crippen LogP contribution in [0.1, 0.15) is 70.3 Å². The van der Waals surface area contributed by atoms with E-state index < -0.39 is 29.6 Å². The van der Waals surface area contributed by atoms with Gasteiger partial charge in [0.2, 0.25) is 5.78 Å². The maximum atomic E-state index is 14.0. The van der Waals surface area contributed by atoms with Gasteiger partial charge in [0.05, 0.1) is 6.54 Å². The van der Waals surface area contributed by atoms with Crippen molar-refractivity contribution in [1.82, 2.24) is 5.32 Å². The molecule has 0 aromatic heterocycles. The fraction of sp³-hybridized carbons (Fsp3) is 0.576. The number of carbonyl (C=O) groups is 4. The number of benzene rings is 1. The van der Waals surface area contributed by atoms with Gasteiger partial charge in [0.25, 0.3) is 0 Å². The molecule has 2 fully saturated rings. The molecule has 1 aromatic rings. The number of hydrogen-bond donors (Lipinski definition) is 1. The summed E-state index contributed by atoms with van der Waals surface area (Å²) in [6, 6.07) is 8.58. The number of ether oxygens (including phenoxy) is 2. The van der Waals surface area contributed by atoms with Gasteiger partial charge in [0.15, 0.2) is 18.0 Å². The molecule has 0 amide bonds. The van der Waals surface area contributed by atoms with Crippen LogP contribution >= 0.6 is 0 Å². The van der Waals surface area contributed by atoms with Crippen LogP contribution in [0, 0.1) is 17.3 Å². The Hall–Kier alpha value is -3.26. The molecule has 0 saturated heterocycles. The molecule has 8 nitrogen and oxygen atoms in total. The molecule has 2 saturated carbocycles. The highest BCUT2D eigenvalue weighted by atomic mass is 16.6. The maximum Gasteiger partial charge on any atom is 0.320 e. The Bertz CT molecular complexity index is 1310. The Balaban J connectivity index is 1.61. The van der Waals surface area contributed by atoms with E-state index in [-0.39, 0.29) is 35.9 Å². The summed E-state index contributed by atoms with van der Waals surface area (Å²) < 4.78 is 11.4. The second kappa shape index (κ2) is 11.2. The third-order valence-electron chi connectivity index (χ3n) is 10.1. The number of rotatable bonds is 8. The van der Waals surface area contributed by atoms with Gasteiger partial charge in [-0.25, -0.2) is 0 Å². The van der Waals surface area contributed by atoms with Gasteiger partial charge in [-0.3, -0.25) is 19.2 Å². The predicted molar refractivity (Wildman–Crippen MR) is 155 cm³/mol. The second-order valence-corrected chi connectivity index (χ2v) is 12.6. The lowest BCUT2D eigenvalue weighted by Gasteiger charge is -2.55. The molecule has 0 aliphatic heterocycles. The zero-order chi connectivity index (χ0) is 29.5. The maximum absolute atomic E-state index is 14.0. The molecule has 0 heterocycles. The number of esters is 2. The molecular weight excluding hydrogens is 520 g/mol. The lowest BCUT2D eigenvalue weighted by molar-refractivity contribution is -0.186. The second-order valence-electron chi connectivity index (χ2n) is 12.6. The molecule has 1 aromatic carbocycles. The number of nitrogens with zero attached hydrogens (tertiary/aromatic N) is 1. The molecule has 1 N–H and O–H groups in total. The number of allylic oxidation sites excluding steroid dienone is 4. The molecule has 220 valence electrons. The number of nitrogens with one attached hydrogen (secondary N) is 1. The minimum Gasteiger partial charge on any atom is -0.457 e. The van der Waals surface area contributed by atoms with Crippen molar-refractivity contribution in [2.45, 2.75) is 70.3 Å². The molecule has 41 heavy (non-hydrogen) atoms. The Kier molecular flexibility index (Phi) is 7.99. The van der Waals surface area contributed by atoms with Crippen LogP contribution in [-0.2, 0) is 28.7 Å². The largest absolute Gasteiger partial charge is 0.457 e. The van der Waals surface area contributed by atoms with E-state index in [1.165, 1.54) is 23.6 Å². The van der Waals surface area contributed by atoms with E-state index in [0.29, 0.717) is 19.3 Å². The highest BCUT2D eigenvalue weighted by molar-refractivity contribution is 5.94. The standard InChI is InChI=1S/C33H42N2O6/c1-20(36)41-33(29(38)19-40-30(39)18-34-3)15-14-28-26-12-8-22-16-24(37)11-13-25(22)31(26)27(17-32(28,33)2)21-6-9-23(10-7-21)35(4)5/h6-7,9-10,16,26-28,34H,8,11-15,17-19H2,1-5H3/t26?,27?,28?,32-,33-/m0/s1. The van der Waals surface area contributed by atoms with E-state index >= 15 is 0 Å². The number of carbonyl (C=O) groups excluding carboxylic acids is 4. The molecule has 0 bridgehead atoms. The number of ketones is 2. The van der Waals surface area contributed by atoms with Gasteiger partial charge >= 0.3 is 11.9 Å². The monoisotopic (exact) mass is 562 g/mol. The Morgan fingerprint density at radius 2 is 1.80 bits per heavy atom. The van der Waals surface area contributed by atoms with E-state index in [4.69, 9.17) is 9.47 Å². The number of hydrogen-bond acceptors (Lipinski definition) is 8. The van der Waals surface area contributed by atoms with Crippen LogP contribution < -0.4 is 10.2 Å². The van der Waals surface area contributed by atoms with Gasteiger partial charge in [-0.15, -0.1) is 0 Å². The summed E-state index contributed by atoms with van der Waals surface area (Å²) >= 11 is 0. The SMILES string of the molecule is CNCC(=O)OCC(=O)[C@@]1(OC(C)=O)CCC2C3CCC4=CC(=O)CCC4=C3C(c3ccc(N(C)C)cc3)C[C@@]21C. The third-order valence-corrected chi connectivity index (χ3v) is 10.1. The van der Waals surface area contributed by atoms with E-state index in [1.807, 2.05) is 20.2 Å². The van der Waals surface area contributed by atoms with E-state index in [9.17, 15) is 19.2 Å². The van der Waals surface area contributed by atoms with Gasteiger partial charge in [0.1, 0.15) is 0 Å². The minimum absolute atomic E-state index is 0.00385. The first kappa shape index (κ1) is 29.2. The van der Waals surface area contributed by atoms with Crippen LogP contribution in [0.3, 0.4) is 0 Å². The summed E-state index contributed by atoms with van der Waals surface area (Å²) in [6.45, 7) is 3.03. The summed E-state index contributed by atoms with van der Waals surface area (Å²) in [6.07, 6.45) is 6.63. The predicted octanol–water partition coefficient (Wildman–Crippen LogP) is 4.29. The molecule has 3 unspecified atom stereocenters. The number of anilines is 1. The fourth-order valence-corrected chi connectivity index (χ4v) is 8.34. The van der Waals surface area contributed by atoms with Gasteiger partial charge in [-0.1, -0.05) is 24.6 Å². The average molecular weight is 563 g/mol. The molecule has 0 radical (unpaired) electrons.